The standard InChI is InChI=1S/C11H13ClN4/c1-8-6-9(12)2-3-10(8)11-7-16(5-4-13)15-14-11/h2-3,6-7H,4-5,13H2,1H3. The first-order chi connectivity index (χ1) is 7.70. The highest BCUT2D eigenvalue weighted by molar-refractivity contribution is 6.30. The van der Waals surface area contributed by atoms with Crippen LogP contribution in [0.4, 0.5) is 0 Å². The fraction of sp³-hybridized carbons (Fsp3) is 0.273. The second-order valence-electron chi connectivity index (χ2n) is 3.61. The fourth-order valence-electron chi connectivity index (χ4n) is 1.58. The van der Waals surface area contributed by atoms with Crippen LogP contribution in [0.5, 0.6) is 0 Å². The number of rotatable bonds is 3. The smallest absolute Gasteiger partial charge is 0.113 e. The molecular weight excluding hydrogens is 224 g/mol. The molecule has 0 aliphatic carbocycles. The minimum atomic E-state index is 0.558. The molecule has 2 N–H and O–H groups in total. The number of nitrogens with zero attached hydrogens (tertiary/aromatic N) is 3. The lowest BCUT2D eigenvalue weighted by Crippen LogP contribution is -2.10. The van der Waals surface area contributed by atoms with E-state index in [9.17, 15) is 0 Å². The third kappa shape index (κ3) is 2.23. The van der Waals surface area contributed by atoms with Crippen LogP contribution in [0.25, 0.3) is 11.3 Å². The summed E-state index contributed by atoms with van der Waals surface area (Å²) < 4.78 is 1.74. The molecule has 2 rings (SSSR count). The highest BCUT2D eigenvalue weighted by Gasteiger charge is 2.06. The average Bonchev–Trinajstić information content (AvgIpc) is 2.67. The van der Waals surface area contributed by atoms with Gasteiger partial charge in [-0.15, -0.1) is 5.10 Å². The number of aryl methyl sites for hydroxylation is 1. The molecule has 0 unspecified atom stereocenters. The Morgan fingerprint density at radius 2 is 2.25 bits per heavy atom. The second-order valence-corrected chi connectivity index (χ2v) is 4.05. The van der Waals surface area contributed by atoms with Gasteiger partial charge in [-0.3, -0.25) is 4.68 Å². The van der Waals surface area contributed by atoms with Gasteiger partial charge in [-0.2, -0.15) is 0 Å². The Morgan fingerprint density at radius 3 is 2.94 bits per heavy atom. The molecule has 0 spiro atoms. The van der Waals surface area contributed by atoms with Gasteiger partial charge < -0.3 is 5.73 Å². The van der Waals surface area contributed by atoms with Gasteiger partial charge >= 0.3 is 0 Å². The van der Waals surface area contributed by atoms with E-state index in [4.69, 9.17) is 17.3 Å². The van der Waals surface area contributed by atoms with E-state index in [0.29, 0.717) is 13.1 Å². The molecule has 0 atom stereocenters. The van der Waals surface area contributed by atoms with Crippen molar-refractivity contribution in [1.82, 2.24) is 15.0 Å². The maximum atomic E-state index is 5.90. The van der Waals surface area contributed by atoms with Gasteiger partial charge in [0.25, 0.3) is 0 Å². The topological polar surface area (TPSA) is 56.7 Å². The van der Waals surface area contributed by atoms with E-state index < -0.39 is 0 Å². The molecule has 2 aromatic rings. The molecule has 0 fully saturated rings. The molecule has 0 saturated carbocycles. The van der Waals surface area contributed by atoms with Crippen LogP contribution in [0.15, 0.2) is 24.4 Å². The van der Waals surface area contributed by atoms with Crippen molar-refractivity contribution in [2.45, 2.75) is 13.5 Å². The van der Waals surface area contributed by atoms with Crippen LogP contribution in [0, 0.1) is 6.92 Å². The zero-order valence-corrected chi connectivity index (χ0v) is 9.78. The normalized spacial score (nSPS) is 10.7. The van der Waals surface area contributed by atoms with Crippen molar-refractivity contribution in [3.05, 3.63) is 35.0 Å². The van der Waals surface area contributed by atoms with E-state index in [1.165, 1.54) is 0 Å². The maximum absolute atomic E-state index is 5.90. The third-order valence-corrected chi connectivity index (χ3v) is 2.60. The number of nitrogens with two attached hydrogens (primary N) is 1. The lowest BCUT2D eigenvalue weighted by atomic mass is 10.1. The zero-order valence-electron chi connectivity index (χ0n) is 9.02. The van der Waals surface area contributed by atoms with E-state index in [1.54, 1.807) is 4.68 Å². The number of aromatic nitrogens is 3. The van der Waals surface area contributed by atoms with Gasteiger partial charge in [0.15, 0.2) is 0 Å². The molecule has 0 saturated heterocycles. The predicted octanol–water partition coefficient (Wildman–Crippen LogP) is 1.87. The molecule has 1 aromatic heterocycles. The first-order valence-corrected chi connectivity index (χ1v) is 5.45. The average molecular weight is 237 g/mol. The van der Waals surface area contributed by atoms with Crippen LogP contribution in [0.1, 0.15) is 5.56 Å². The van der Waals surface area contributed by atoms with E-state index in [-0.39, 0.29) is 0 Å². The summed E-state index contributed by atoms with van der Waals surface area (Å²) in [4.78, 5) is 0. The van der Waals surface area contributed by atoms with Gasteiger partial charge in [0, 0.05) is 17.1 Å². The van der Waals surface area contributed by atoms with Crippen LogP contribution in [0.3, 0.4) is 0 Å². The van der Waals surface area contributed by atoms with Crippen LogP contribution in [-0.4, -0.2) is 21.5 Å². The lowest BCUT2D eigenvalue weighted by Gasteiger charge is -2.01. The molecule has 0 bridgehead atoms. The Morgan fingerprint density at radius 1 is 1.44 bits per heavy atom. The maximum Gasteiger partial charge on any atom is 0.113 e. The lowest BCUT2D eigenvalue weighted by molar-refractivity contribution is 0.598. The summed E-state index contributed by atoms with van der Waals surface area (Å²) in [5.41, 5.74) is 8.44. The SMILES string of the molecule is Cc1cc(Cl)ccc1-c1cn(CCN)nn1. The van der Waals surface area contributed by atoms with E-state index >= 15 is 0 Å². The monoisotopic (exact) mass is 236 g/mol. The molecule has 0 radical (unpaired) electrons. The second kappa shape index (κ2) is 4.63. The van der Waals surface area contributed by atoms with Crippen molar-refractivity contribution in [3.63, 3.8) is 0 Å². The van der Waals surface area contributed by atoms with Crippen LogP contribution in [-0.2, 0) is 6.54 Å². The van der Waals surface area contributed by atoms with E-state index in [0.717, 1.165) is 21.8 Å². The summed E-state index contributed by atoms with van der Waals surface area (Å²) in [6.07, 6.45) is 1.89. The molecule has 1 aromatic carbocycles. The number of hydrogen-bond donors (Lipinski definition) is 1. The molecule has 0 amide bonds. The quantitative estimate of drug-likeness (QED) is 0.885. The van der Waals surface area contributed by atoms with Gasteiger partial charge in [-0.25, -0.2) is 0 Å². The zero-order chi connectivity index (χ0) is 11.5. The summed E-state index contributed by atoms with van der Waals surface area (Å²) in [5, 5.41) is 8.84. The summed E-state index contributed by atoms with van der Waals surface area (Å²) in [6.45, 7) is 3.24. The van der Waals surface area contributed by atoms with E-state index in [2.05, 4.69) is 10.3 Å². The van der Waals surface area contributed by atoms with Crippen molar-refractivity contribution in [2.75, 3.05) is 6.54 Å². The third-order valence-electron chi connectivity index (χ3n) is 2.36. The summed E-state index contributed by atoms with van der Waals surface area (Å²) in [6, 6.07) is 5.72. The number of hydrogen-bond acceptors (Lipinski definition) is 3. The van der Waals surface area contributed by atoms with Crippen LogP contribution < -0.4 is 5.73 Å². The molecule has 1 heterocycles. The minimum Gasteiger partial charge on any atom is -0.329 e. The summed E-state index contributed by atoms with van der Waals surface area (Å²) in [7, 11) is 0. The Bertz CT molecular complexity index is 492. The molecule has 0 aliphatic rings. The number of benzene rings is 1. The predicted molar refractivity (Wildman–Crippen MR) is 64.3 cm³/mol. The Kier molecular flexibility index (Phi) is 3.22. The molecule has 16 heavy (non-hydrogen) atoms. The molecule has 5 heteroatoms. The van der Waals surface area contributed by atoms with Gasteiger partial charge in [0.1, 0.15) is 5.69 Å². The van der Waals surface area contributed by atoms with Crippen molar-refractivity contribution in [1.29, 1.82) is 0 Å². The number of halogens is 1. The van der Waals surface area contributed by atoms with Crippen molar-refractivity contribution < 1.29 is 0 Å². The first kappa shape index (κ1) is 11.1. The fourth-order valence-corrected chi connectivity index (χ4v) is 1.80. The van der Waals surface area contributed by atoms with Gasteiger partial charge in [0.05, 0.1) is 12.7 Å². The van der Waals surface area contributed by atoms with Crippen LogP contribution >= 0.6 is 11.6 Å². The highest BCUT2D eigenvalue weighted by atomic mass is 35.5. The Labute approximate surface area is 99.0 Å². The Hall–Kier alpha value is -1.39. The first-order valence-electron chi connectivity index (χ1n) is 5.07. The van der Waals surface area contributed by atoms with E-state index in [1.807, 2.05) is 31.3 Å². The molecular formula is C11H13ClN4. The van der Waals surface area contributed by atoms with Crippen LogP contribution in [0.2, 0.25) is 5.02 Å². The highest BCUT2D eigenvalue weighted by Crippen LogP contribution is 2.23. The molecule has 4 nitrogen and oxygen atoms in total. The summed E-state index contributed by atoms with van der Waals surface area (Å²) >= 11 is 5.90. The molecule has 0 aliphatic heterocycles. The van der Waals surface area contributed by atoms with Crippen molar-refractivity contribution in [3.8, 4) is 11.3 Å². The van der Waals surface area contributed by atoms with Gasteiger partial charge in [0.2, 0.25) is 0 Å². The largest absolute Gasteiger partial charge is 0.329 e. The minimum absolute atomic E-state index is 0.558. The van der Waals surface area contributed by atoms with Gasteiger partial charge in [-0.05, 0) is 24.6 Å². The summed E-state index contributed by atoms with van der Waals surface area (Å²) in [5.74, 6) is 0. The van der Waals surface area contributed by atoms with Crippen molar-refractivity contribution in [2.24, 2.45) is 5.73 Å². The Balaban J connectivity index is 2.35. The van der Waals surface area contributed by atoms with Gasteiger partial charge in [-0.1, -0.05) is 22.9 Å². The molecule has 84 valence electrons. The van der Waals surface area contributed by atoms with Crippen molar-refractivity contribution >= 4 is 11.6 Å².